The summed E-state index contributed by atoms with van der Waals surface area (Å²) < 4.78 is 57.9. The maximum atomic E-state index is 11.9. The van der Waals surface area contributed by atoms with E-state index in [1.165, 1.54) is 6.07 Å². The van der Waals surface area contributed by atoms with E-state index in [1.807, 2.05) is 18.2 Å². The summed E-state index contributed by atoms with van der Waals surface area (Å²) in [6, 6.07) is 9.53. The summed E-state index contributed by atoms with van der Waals surface area (Å²) in [5.74, 6) is 0. The quantitative estimate of drug-likeness (QED) is 0.572. The van der Waals surface area contributed by atoms with E-state index in [2.05, 4.69) is 4.98 Å². The van der Waals surface area contributed by atoms with E-state index in [1.54, 1.807) is 12.4 Å². The van der Waals surface area contributed by atoms with Crippen molar-refractivity contribution in [1.82, 2.24) is 4.98 Å². The van der Waals surface area contributed by atoms with Gasteiger partial charge in [0.1, 0.15) is 0 Å². The molecule has 1 heterocycles. The first-order valence-corrected chi connectivity index (χ1v) is 6.73. The van der Waals surface area contributed by atoms with Crippen molar-refractivity contribution in [2.45, 2.75) is 0 Å². The average Bonchev–Trinajstić information content (AvgIpc) is 2.30. The summed E-state index contributed by atoms with van der Waals surface area (Å²) in [4.78, 5) is 3.78. The smallest absolute Gasteiger partial charge is 0.0267 e. The second-order valence-electron chi connectivity index (χ2n) is 2.99. The monoisotopic (exact) mass is 314 g/mol. The summed E-state index contributed by atoms with van der Waals surface area (Å²) in [7, 11) is 0. The van der Waals surface area contributed by atoms with Crippen molar-refractivity contribution in [2.75, 3.05) is 0 Å². The number of pyridine rings is 1. The first-order valence-electron chi connectivity index (χ1n) is 4.48. The van der Waals surface area contributed by atoms with Crippen molar-refractivity contribution in [3.05, 3.63) is 60.9 Å². The van der Waals surface area contributed by atoms with Crippen molar-refractivity contribution in [3.63, 3.8) is 0 Å². The Morgan fingerprint density at radius 2 is 1.11 bits per heavy atom. The average molecular weight is 315 g/mol. The van der Waals surface area contributed by atoms with Gasteiger partial charge in [0.2, 0.25) is 0 Å². The first kappa shape index (κ1) is 14.6. The molecule has 0 saturated heterocycles. The van der Waals surface area contributed by atoms with Crippen LogP contribution in [0.25, 0.3) is 0 Å². The van der Waals surface area contributed by atoms with E-state index in [0.29, 0.717) is 12.1 Å². The molecule has 0 spiro atoms. The van der Waals surface area contributed by atoms with Gasteiger partial charge in [-0.25, -0.2) is 0 Å². The van der Waals surface area contributed by atoms with E-state index in [9.17, 15) is 17.8 Å². The molecule has 0 radical (unpaired) electrons. The van der Waals surface area contributed by atoms with Gasteiger partial charge in [-0.15, -0.1) is 0 Å². The van der Waals surface area contributed by atoms with Crippen LogP contribution in [0, 0.1) is 0 Å². The molecule has 2 aromatic rings. The molecule has 1 aromatic carbocycles. The Morgan fingerprint density at radius 3 is 1.33 bits per heavy atom. The fraction of sp³-hybridized carbons (Fsp3) is 0. The molecule has 18 heavy (non-hydrogen) atoms. The minimum atomic E-state index is -9.39. The van der Waals surface area contributed by atoms with Crippen molar-refractivity contribution in [3.8, 4) is 0 Å². The molecule has 0 saturated carbocycles. The predicted molar refractivity (Wildman–Crippen MR) is 55.9 cm³/mol. The Kier molecular flexibility index (Phi) is 3.51. The van der Waals surface area contributed by atoms with Crippen LogP contribution in [-0.2, 0) is 13.0 Å². The summed E-state index contributed by atoms with van der Waals surface area (Å²) in [5, 5.41) is 0. The minimum absolute atomic E-state index is 0.361. The van der Waals surface area contributed by atoms with Gasteiger partial charge in [0.15, 0.2) is 0 Å². The van der Waals surface area contributed by atoms with Crippen LogP contribution >= 0.6 is 0 Å². The third-order valence-electron chi connectivity index (χ3n) is 1.60. The van der Waals surface area contributed by atoms with Crippen LogP contribution in [-0.4, -0.2) is 4.98 Å². The van der Waals surface area contributed by atoms with Crippen molar-refractivity contribution >= 4 is 4.46 Å². The zero-order valence-corrected chi connectivity index (χ0v) is 9.85. The van der Waals surface area contributed by atoms with Crippen LogP contribution in [0.3, 0.4) is 0 Å². The van der Waals surface area contributed by atoms with Gasteiger partial charge in [-0.3, -0.25) is 4.98 Å². The van der Waals surface area contributed by atoms with Crippen LogP contribution in [0.2, 0.25) is 0 Å². The van der Waals surface area contributed by atoms with Crippen LogP contribution in [0.5, 0.6) is 0 Å². The molecule has 105 valence electrons. The van der Waals surface area contributed by atoms with Gasteiger partial charge in [0.05, 0.1) is 0 Å². The Labute approximate surface area is 102 Å². The first-order chi connectivity index (χ1) is 8.09. The van der Waals surface area contributed by atoms with Crippen LogP contribution < -0.4 is 4.46 Å². The molecule has 0 fully saturated rings. The largest absolute Gasteiger partial charge is 0.265 e. The van der Waals surface area contributed by atoms with Gasteiger partial charge in [-0.1, -0.05) is 6.07 Å². The molecule has 0 aliphatic rings. The summed E-state index contributed by atoms with van der Waals surface area (Å²) in [6.45, 7) is 0. The number of benzene rings is 1. The molecule has 2 rings (SSSR count). The minimum Gasteiger partial charge on any atom is -0.265 e. The van der Waals surface area contributed by atoms with Gasteiger partial charge >= 0.3 is 65.6 Å². The Hall–Kier alpha value is -1.46. The van der Waals surface area contributed by atoms with Gasteiger partial charge in [0.25, 0.3) is 0 Å². The zero-order chi connectivity index (χ0) is 13.8. The Bertz CT molecular complexity index is 456. The van der Waals surface area contributed by atoms with E-state index >= 15 is 0 Å². The summed E-state index contributed by atoms with van der Waals surface area (Å²) in [5.41, 5.74) is 0. The molecule has 0 bridgehead atoms. The van der Waals surface area contributed by atoms with E-state index in [0.717, 1.165) is 12.1 Å². The van der Waals surface area contributed by atoms with Gasteiger partial charge in [-0.05, 0) is 12.1 Å². The second-order valence-corrected chi connectivity index (χ2v) is 5.77. The molecular weight excluding hydrogens is 305 g/mol. The van der Waals surface area contributed by atoms with Crippen LogP contribution in [0.4, 0.5) is 17.8 Å². The molecule has 7 heteroatoms. The standard InChI is InChI=1S/C6H5.C5H5N.Cu.5FH/c2*1-2-4-6-5-3-1;;;;;;/h2*1-5H;;5*1H/q;;+5;;;;;/p-5. The summed E-state index contributed by atoms with van der Waals surface area (Å²) in [6.07, 6.45) is 3.50. The molecular formula is C11H10CuF5N. The molecule has 0 amide bonds. The number of nitrogens with zero attached hydrogens (tertiary/aromatic N) is 1. The van der Waals surface area contributed by atoms with E-state index in [4.69, 9.17) is 0 Å². The van der Waals surface area contributed by atoms with Gasteiger partial charge in [-0.2, -0.15) is 0 Å². The molecule has 1 nitrogen and oxygen atoms in total. The number of hydrogen-bond acceptors (Lipinski definition) is 1. The normalized spacial score (nSPS) is 14.7. The van der Waals surface area contributed by atoms with Crippen LogP contribution in [0.1, 0.15) is 0 Å². The molecule has 1 aromatic heterocycles. The summed E-state index contributed by atoms with van der Waals surface area (Å²) >= 11 is -9.39. The number of aromatic nitrogens is 1. The number of hydrogen-bond donors (Lipinski definition) is 0. The Balaban J connectivity index is 0.000000225. The topological polar surface area (TPSA) is 12.9 Å². The van der Waals surface area contributed by atoms with E-state index < -0.39 is 17.5 Å². The third kappa shape index (κ3) is 5.25. The third-order valence-corrected chi connectivity index (χ3v) is 2.94. The molecule has 0 aliphatic heterocycles. The SMILES string of the molecule is [F][Cu]([F])([F])([F])([F])[c]1ccccc1.c1ccncc1. The fourth-order valence-electron chi connectivity index (χ4n) is 0.902. The molecule has 0 aliphatic carbocycles. The molecule has 0 unspecified atom stereocenters. The Morgan fingerprint density at radius 1 is 0.667 bits per heavy atom. The second kappa shape index (κ2) is 4.33. The predicted octanol–water partition coefficient (Wildman–Crippen LogP) is 4.04. The van der Waals surface area contributed by atoms with Crippen molar-refractivity contribution in [1.29, 1.82) is 0 Å². The maximum Gasteiger partial charge on any atom is 0.0267 e. The van der Waals surface area contributed by atoms with Crippen LogP contribution in [0.15, 0.2) is 60.9 Å². The maximum absolute atomic E-state index is 11.9. The van der Waals surface area contributed by atoms with Gasteiger partial charge in [0, 0.05) is 12.4 Å². The number of halogens is 5. The van der Waals surface area contributed by atoms with Gasteiger partial charge < -0.3 is 0 Å². The van der Waals surface area contributed by atoms with Crippen molar-refractivity contribution in [2.24, 2.45) is 0 Å². The fourth-order valence-corrected chi connectivity index (χ4v) is 1.68. The molecule has 0 N–H and O–H groups in total. The zero-order valence-electron chi connectivity index (χ0n) is 8.91. The van der Waals surface area contributed by atoms with Crippen molar-refractivity contribution < 1.29 is 30.8 Å². The van der Waals surface area contributed by atoms with E-state index in [-0.39, 0.29) is 0 Å². The number of rotatable bonds is 1. The molecule has 0 atom stereocenters.